The van der Waals surface area contributed by atoms with Crippen LogP contribution in [0.5, 0.6) is 0 Å². The average Bonchev–Trinajstić information content (AvgIpc) is 3.53. The van der Waals surface area contributed by atoms with Crippen LogP contribution in [-0.2, 0) is 24.1 Å². The number of carbonyl (C=O) groups excluding carboxylic acids is 1. The van der Waals surface area contributed by atoms with Gasteiger partial charge in [0.15, 0.2) is 5.82 Å². The predicted molar refractivity (Wildman–Crippen MR) is 188 cm³/mol. The quantitative estimate of drug-likeness (QED) is 0.130. The summed E-state index contributed by atoms with van der Waals surface area (Å²) in [6.07, 6.45) is 3.73. The molecule has 6 aromatic rings. The van der Waals surface area contributed by atoms with Crippen LogP contribution in [0, 0.1) is 0 Å². The summed E-state index contributed by atoms with van der Waals surface area (Å²) in [5.41, 5.74) is 2.82. The second-order valence-electron chi connectivity index (χ2n) is 12.5. The van der Waals surface area contributed by atoms with Crippen LogP contribution in [0.2, 0.25) is 5.02 Å². The smallest absolute Gasteiger partial charge is 0.410 e. The second-order valence-corrected chi connectivity index (χ2v) is 12.9. The third-order valence-electron chi connectivity index (χ3n) is 7.73. The molecular weight excluding hydrogens is 644 g/mol. The summed E-state index contributed by atoms with van der Waals surface area (Å²) in [7, 11) is 0. The van der Waals surface area contributed by atoms with E-state index in [2.05, 4.69) is 20.4 Å². The molecule has 3 aromatic carbocycles. The Morgan fingerprint density at radius 1 is 0.959 bits per heavy atom. The van der Waals surface area contributed by atoms with Crippen LogP contribution in [0.1, 0.15) is 48.4 Å². The first-order chi connectivity index (χ1) is 23.5. The molecule has 6 rings (SSSR count). The Hall–Kier alpha value is -5.55. The van der Waals surface area contributed by atoms with E-state index in [1.54, 1.807) is 35.5 Å². The molecule has 0 fully saturated rings. The minimum Gasteiger partial charge on any atom is -0.478 e. The fraction of sp³-hybridized carbons (Fsp3) is 0.243. The van der Waals surface area contributed by atoms with Crippen LogP contribution in [0.3, 0.4) is 0 Å². The maximum absolute atomic E-state index is 13.2. The lowest BCUT2D eigenvalue weighted by molar-refractivity contribution is 0.0232. The van der Waals surface area contributed by atoms with Crippen LogP contribution in [-0.4, -0.2) is 60.9 Å². The van der Waals surface area contributed by atoms with Crippen molar-refractivity contribution in [3.8, 4) is 11.1 Å². The molecule has 0 saturated heterocycles. The number of hydrogen-bond acceptors (Lipinski definition) is 9. The van der Waals surface area contributed by atoms with Crippen LogP contribution in [0.4, 0.5) is 10.6 Å². The van der Waals surface area contributed by atoms with Gasteiger partial charge in [0.2, 0.25) is 5.89 Å². The number of aromatic carboxylic acids is 1. The summed E-state index contributed by atoms with van der Waals surface area (Å²) in [5.74, 6) is 0.465. The van der Waals surface area contributed by atoms with E-state index in [-0.39, 0.29) is 18.7 Å². The lowest BCUT2D eigenvalue weighted by Gasteiger charge is -2.27. The number of amides is 1. The maximum Gasteiger partial charge on any atom is 0.410 e. The molecule has 0 aliphatic carbocycles. The molecule has 0 spiro atoms. The van der Waals surface area contributed by atoms with Gasteiger partial charge < -0.3 is 24.6 Å². The largest absolute Gasteiger partial charge is 0.478 e. The van der Waals surface area contributed by atoms with Gasteiger partial charge in [0.05, 0.1) is 11.1 Å². The first-order valence-electron chi connectivity index (χ1n) is 15.8. The number of anilines is 1. The standard InChI is InChI=1S/C37H35ClN6O5/c1-37(2,3)48-36(47)44(22-23-9-11-26(30(38)19-23)24-7-5-4-6-8-24)18-15-33-42-32(43-49-33)14-17-40-34-28-13-16-39-21-29(28)27-12-10-25(35(45)46)20-31(27)41-34/h4-13,16,19-21H,14-15,17-18,22H2,1-3H3,(H,40,41)(H,45,46). The number of benzene rings is 3. The highest BCUT2D eigenvalue weighted by molar-refractivity contribution is 6.33. The molecule has 0 atom stereocenters. The maximum atomic E-state index is 13.2. The third kappa shape index (κ3) is 8.13. The zero-order valence-corrected chi connectivity index (χ0v) is 28.1. The number of fused-ring (bicyclic) bond motifs is 3. The van der Waals surface area contributed by atoms with Crippen molar-refractivity contribution in [1.82, 2.24) is 25.0 Å². The Balaban J connectivity index is 1.12. The molecule has 1 amide bonds. The Morgan fingerprint density at radius 2 is 1.78 bits per heavy atom. The topological polar surface area (TPSA) is 144 Å². The minimum atomic E-state index is -1.02. The van der Waals surface area contributed by atoms with Crippen molar-refractivity contribution >= 4 is 51.2 Å². The number of hydrogen-bond donors (Lipinski definition) is 2. The monoisotopic (exact) mass is 678 g/mol. The molecule has 12 heteroatoms. The number of halogens is 1. The number of nitrogens with zero attached hydrogens (tertiary/aromatic N) is 5. The highest BCUT2D eigenvalue weighted by atomic mass is 35.5. The molecule has 0 saturated carbocycles. The first kappa shape index (κ1) is 33.4. The second kappa shape index (κ2) is 14.3. The van der Waals surface area contributed by atoms with Crippen molar-refractivity contribution in [2.75, 3.05) is 18.4 Å². The van der Waals surface area contributed by atoms with Crippen LogP contribution < -0.4 is 5.32 Å². The molecular formula is C37H35ClN6O5. The number of carboxylic acid groups (broad SMARTS) is 1. The predicted octanol–water partition coefficient (Wildman–Crippen LogP) is 7.82. The van der Waals surface area contributed by atoms with E-state index < -0.39 is 17.7 Å². The van der Waals surface area contributed by atoms with Gasteiger partial charge in [-0.05, 0) is 56.2 Å². The van der Waals surface area contributed by atoms with Crippen LogP contribution in [0.15, 0.2) is 89.7 Å². The van der Waals surface area contributed by atoms with Gasteiger partial charge in [-0.2, -0.15) is 4.98 Å². The van der Waals surface area contributed by atoms with Gasteiger partial charge in [0.1, 0.15) is 11.4 Å². The molecule has 0 aliphatic heterocycles. The lowest BCUT2D eigenvalue weighted by atomic mass is 10.0. The Bertz CT molecular complexity index is 2130. The van der Waals surface area contributed by atoms with Crippen molar-refractivity contribution < 1.29 is 24.0 Å². The number of nitrogens with one attached hydrogen (secondary N) is 1. The van der Waals surface area contributed by atoms with E-state index in [9.17, 15) is 14.7 Å². The molecule has 250 valence electrons. The number of carboxylic acids is 1. The summed E-state index contributed by atoms with van der Waals surface area (Å²) in [6.45, 7) is 6.49. The molecule has 0 unspecified atom stereocenters. The third-order valence-corrected chi connectivity index (χ3v) is 8.05. The summed E-state index contributed by atoms with van der Waals surface area (Å²) in [5, 5.41) is 20.0. The van der Waals surface area contributed by atoms with Crippen molar-refractivity contribution in [1.29, 1.82) is 0 Å². The number of pyridine rings is 2. The van der Waals surface area contributed by atoms with E-state index >= 15 is 0 Å². The number of rotatable bonds is 11. The zero-order valence-electron chi connectivity index (χ0n) is 27.3. The first-order valence-corrected chi connectivity index (χ1v) is 16.2. The van der Waals surface area contributed by atoms with Gasteiger partial charge in [0.25, 0.3) is 0 Å². The number of aromatic nitrogens is 4. The van der Waals surface area contributed by atoms with Crippen molar-refractivity contribution in [2.45, 2.75) is 45.8 Å². The molecule has 2 N–H and O–H groups in total. The molecule has 49 heavy (non-hydrogen) atoms. The van der Waals surface area contributed by atoms with Gasteiger partial charge in [-0.1, -0.05) is 65.3 Å². The summed E-state index contributed by atoms with van der Waals surface area (Å²) < 4.78 is 11.2. The summed E-state index contributed by atoms with van der Waals surface area (Å²) in [4.78, 5) is 39.9. The van der Waals surface area contributed by atoms with Gasteiger partial charge in [-0.15, -0.1) is 0 Å². The SMILES string of the molecule is CC(C)(C)OC(=O)N(CCc1nc(CCNc2nc3cc(C(=O)O)ccc3c3cnccc23)no1)Cc1ccc(-c2ccccc2)c(Cl)c1. The lowest BCUT2D eigenvalue weighted by Crippen LogP contribution is -2.37. The highest BCUT2D eigenvalue weighted by Crippen LogP contribution is 2.30. The molecule has 3 heterocycles. The van der Waals surface area contributed by atoms with Gasteiger partial charge in [0, 0.05) is 71.6 Å². The number of ether oxygens (including phenoxy) is 1. The van der Waals surface area contributed by atoms with Crippen molar-refractivity contribution in [3.05, 3.63) is 113 Å². The normalized spacial score (nSPS) is 11.5. The Kier molecular flexibility index (Phi) is 9.72. The van der Waals surface area contributed by atoms with Crippen LogP contribution in [0.25, 0.3) is 32.8 Å². The summed E-state index contributed by atoms with van der Waals surface area (Å²) in [6, 6.07) is 22.4. The van der Waals surface area contributed by atoms with Gasteiger partial charge >= 0.3 is 12.1 Å². The fourth-order valence-corrected chi connectivity index (χ4v) is 5.74. The van der Waals surface area contributed by atoms with E-state index in [4.69, 9.17) is 25.8 Å². The van der Waals surface area contributed by atoms with Crippen molar-refractivity contribution in [2.24, 2.45) is 0 Å². The molecule has 0 bridgehead atoms. The fourth-order valence-electron chi connectivity index (χ4n) is 5.42. The van der Waals surface area contributed by atoms with E-state index in [1.807, 2.05) is 75.4 Å². The van der Waals surface area contributed by atoms with E-state index in [1.165, 1.54) is 0 Å². The van der Waals surface area contributed by atoms with Gasteiger partial charge in [-0.25, -0.2) is 14.6 Å². The van der Waals surface area contributed by atoms with Gasteiger partial charge in [-0.3, -0.25) is 4.98 Å². The summed E-state index contributed by atoms with van der Waals surface area (Å²) >= 11 is 6.66. The number of carbonyl (C=O) groups is 2. The van der Waals surface area contributed by atoms with E-state index in [0.717, 1.165) is 32.8 Å². The van der Waals surface area contributed by atoms with Crippen LogP contribution >= 0.6 is 11.6 Å². The molecule has 0 aliphatic rings. The minimum absolute atomic E-state index is 0.156. The highest BCUT2D eigenvalue weighted by Gasteiger charge is 2.23. The molecule has 3 aromatic heterocycles. The van der Waals surface area contributed by atoms with E-state index in [0.29, 0.717) is 47.5 Å². The Labute approximate surface area is 287 Å². The molecule has 11 nitrogen and oxygen atoms in total. The zero-order chi connectivity index (χ0) is 34.5. The average molecular weight is 679 g/mol. The van der Waals surface area contributed by atoms with Crippen molar-refractivity contribution in [3.63, 3.8) is 0 Å². The molecule has 0 radical (unpaired) electrons. The Morgan fingerprint density at radius 3 is 2.53 bits per heavy atom.